The van der Waals surface area contributed by atoms with E-state index in [0.717, 1.165) is 38.8 Å². The highest BCUT2D eigenvalue weighted by Gasteiger charge is 2.49. The number of likely N-dealkylation sites (tertiary alicyclic amines) is 1. The van der Waals surface area contributed by atoms with E-state index in [1.165, 1.54) is 0 Å². The largest absolute Gasteiger partial charge is 0.379 e. The van der Waals surface area contributed by atoms with Gasteiger partial charge in [-0.05, 0) is 19.3 Å². The topological polar surface area (TPSA) is 61.9 Å². The zero-order valence-corrected chi connectivity index (χ0v) is 13.5. The van der Waals surface area contributed by atoms with E-state index in [-0.39, 0.29) is 17.2 Å². The molecule has 3 fully saturated rings. The van der Waals surface area contributed by atoms with Crippen LogP contribution in [0.4, 0.5) is 0 Å². The standard InChI is InChI=1S/C16H27N3O3/c1-18-13-3-2-5-16(13,6-4-15(18)21)12-17-14(20)11-19-7-9-22-10-8-19/h13H,2-12H2,1H3,(H,17,20). The molecule has 2 saturated heterocycles. The highest BCUT2D eigenvalue weighted by molar-refractivity contribution is 5.79. The van der Waals surface area contributed by atoms with Gasteiger partial charge in [0.05, 0.1) is 19.8 Å². The van der Waals surface area contributed by atoms with Crippen LogP contribution in [0.5, 0.6) is 0 Å². The van der Waals surface area contributed by atoms with Crippen molar-refractivity contribution in [3.8, 4) is 0 Å². The Hall–Kier alpha value is -1.14. The first-order valence-electron chi connectivity index (χ1n) is 8.43. The first-order chi connectivity index (χ1) is 10.6. The number of ether oxygens (including phenoxy) is 1. The Balaban J connectivity index is 1.53. The summed E-state index contributed by atoms with van der Waals surface area (Å²) in [5, 5.41) is 3.14. The van der Waals surface area contributed by atoms with Gasteiger partial charge < -0.3 is 15.0 Å². The molecule has 1 N–H and O–H groups in total. The van der Waals surface area contributed by atoms with Gasteiger partial charge in [-0.15, -0.1) is 0 Å². The normalized spacial score (nSPS) is 32.9. The van der Waals surface area contributed by atoms with Gasteiger partial charge in [0.25, 0.3) is 0 Å². The van der Waals surface area contributed by atoms with Gasteiger partial charge in [-0.25, -0.2) is 0 Å². The summed E-state index contributed by atoms with van der Waals surface area (Å²) in [6.45, 7) is 4.26. The molecule has 2 amide bonds. The third kappa shape index (κ3) is 3.13. The van der Waals surface area contributed by atoms with Crippen LogP contribution in [0, 0.1) is 5.41 Å². The monoisotopic (exact) mass is 309 g/mol. The predicted octanol–water partition coefficient (Wildman–Crippen LogP) is 0.226. The zero-order valence-electron chi connectivity index (χ0n) is 13.5. The average molecular weight is 309 g/mol. The SMILES string of the molecule is CN1C(=O)CCC2(CNC(=O)CN3CCOCC3)CCCC12. The molecule has 0 aromatic rings. The third-order valence-electron chi connectivity index (χ3n) is 5.67. The first-order valence-corrected chi connectivity index (χ1v) is 8.43. The van der Waals surface area contributed by atoms with E-state index in [2.05, 4.69) is 10.2 Å². The zero-order chi connectivity index (χ0) is 15.6. The molecule has 3 aliphatic rings. The van der Waals surface area contributed by atoms with Crippen LogP contribution >= 0.6 is 0 Å². The Bertz CT molecular complexity index is 436. The van der Waals surface area contributed by atoms with Gasteiger partial charge in [0, 0.05) is 44.6 Å². The van der Waals surface area contributed by atoms with Crippen molar-refractivity contribution in [2.75, 3.05) is 46.4 Å². The highest BCUT2D eigenvalue weighted by atomic mass is 16.5. The Morgan fingerprint density at radius 1 is 1.36 bits per heavy atom. The summed E-state index contributed by atoms with van der Waals surface area (Å²) >= 11 is 0. The molecule has 0 aromatic carbocycles. The van der Waals surface area contributed by atoms with E-state index in [1.807, 2.05) is 11.9 Å². The summed E-state index contributed by atoms with van der Waals surface area (Å²) in [7, 11) is 1.92. The second-order valence-corrected chi connectivity index (χ2v) is 6.94. The van der Waals surface area contributed by atoms with Crippen molar-refractivity contribution in [3.63, 3.8) is 0 Å². The van der Waals surface area contributed by atoms with Crippen LogP contribution in [-0.4, -0.2) is 74.1 Å². The molecule has 0 spiro atoms. The third-order valence-corrected chi connectivity index (χ3v) is 5.67. The van der Waals surface area contributed by atoms with Gasteiger partial charge in [0.2, 0.25) is 11.8 Å². The van der Waals surface area contributed by atoms with E-state index < -0.39 is 0 Å². The number of carbonyl (C=O) groups excluding carboxylic acids is 2. The molecule has 2 atom stereocenters. The molecule has 6 heteroatoms. The number of nitrogens with zero attached hydrogens (tertiary/aromatic N) is 2. The molecule has 6 nitrogen and oxygen atoms in total. The number of piperidine rings is 1. The fraction of sp³-hybridized carbons (Fsp3) is 0.875. The van der Waals surface area contributed by atoms with E-state index in [4.69, 9.17) is 4.74 Å². The van der Waals surface area contributed by atoms with E-state index >= 15 is 0 Å². The van der Waals surface area contributed by atoms with Crippen molar-refractivity contribution < 1.29 is 14.3 Å². The van der Waals surface area contributed by atoms with Gasteiger partial charge in [-0.1, -0.05) is 6.42 Å². The molecular formula is C16H27N3O3. The van der Waals surface area contributed by atoms with E-state index in [9.17, 15) is 9.59 Å². The number of hydrogen-bond donors (Lipinski definition) is 1. The lowest BCUT2D eigenvalue weighted by molar-refractivity contribution is -0.139. The molecule has 1 saturated carbocycles. The molecule has 2 unspecified atom stereocenters. The number of hydrogen-bond acceptors (Lipinski definition) is 4. The fourth-order valence-corrected chi connectivity index (χ4v) is 4.31. The van der Waals surface area contributed by atoms with Crippen molar-refractivity contribution in [2.45, 2.75) is 38.1 Å². The van der Waals surface area contributed by atoms with Crippen molar-refractivity contribution >= 4 is 11.8 Å². The number of fused-ring (bicyclic) bond motifs is 1. The first kappa shape index (κ1) is 15.7. The van der Waals surface area contributed by atoms with Crippen molar-refractivity contribution in [2.24, 2.45) is 5.41 Å². The lowest BCUT2D eigenvalue weighted by Crippen LogP contribution is -2.55. The molecule has 22 heavy (non-hydrogen) atoms. The predicted molar refractivity (Wildman–Crippen MR) is 82.3 cm³/mol. The second-order valence-electron chi connectivity index (χ2n) is 6.94. The molecule has 0 bridgehead atoms. The number of rotatable bonds is 4. The van der Waals surface area contributed by atoms with Gasteiger partial charge >= 0.3 is 0 Å². The van der Waals surface area contributed by atoms with Crippen LogP contribution in [-0.2, 0) is 14.3 Å². The summed E-state index contributed by atoms with van der Waals surface area (Å²) in [6, 6.07) is 0.303. The average Bonchev–Trinajstić information content (AvgIpc) is 2.95. The maximum atomic E-state index is 12.2. The fourth-order valence-electron chi connectivity index (χ4n) is 4.31. The summed E-state index contributed by atoms with van der Waals surface area (Å²) < 4.78 is 5.30. The summed E-state index contributed by atoms with van der Waals surface area (Å²) in [6.07, 6.45) is 4.88. The van der Waals surface area contributed by atoms with Crippen molar-refractivity contribution in [1.29, 1.82) is 0 Å². The molecular weight excluding hydrogens is 282 g/mol. The minimum atomic E-state index is 0.0986. The van der Waals surface area contributed by atoms with Crippen LogP contribution in [0.1, 0.15) is 32.1 Å². The van der Waals surface area contributed by atoms with Gasteiger partial charge in [-0.2, -0.15) is 0 Å². The van der Waals surface area contributed by atoms with Gasteiger partial charge in [0.1, 0.15) is 0 Å². The number of nitrogens with one attached hydrogen (secondary N) is 1. The van der Waals surface area contributed by atoms with Crippen molar-refractivity contribution in [3.05, 3.63) is 0 Å². The molecule has 124 valence electrons. The van der Waals surface area contributed by atoms with Gasteiger partial charge in [0.15, 0.2) is 0 Å². The lowest BCUT2D eigenvalue weighted by atomic mass is 9.74. The van der Waals surface area contributed by atoms with E-state index in [1.54, 1.807) is 0 Å². The van der Waals surface area contributed by atoms with Crippen LogP contribution in [0.2, 0.25) is 0 Å². The maximum Gasteiger partial charge on any atom is 0.234 e. The second kappa shape index (κ2) is 6.54. The Labute approximate surface area is 132 Å². The molecule has 0 radical (unpaired) electrons. The van der Waals surface area contributed by atoms with E-state index in [0.29, 0.717) is 38.8 Å². The number of carbonyl (C=O) groups is 2. The summed E-state index contributed by atoms with van der Waals surface area (Å²) in [4.78, 5) is 28.2. The summed E-state index contributed by atoms with van der Waals surface area (Å²) in [5.74, 6) is 0.351. The van der Waals surface area contributed by atoms with Gasteiger partial charge in [-0.3, -0.25) is 14.5 Å². The summed E-state index contributed by atoms with van der Waals surface area (Å²) in [5.41, 5.74) is 0.101. The maximum absolute atomic E-state index is 12.2. The number of amides is 2. The Kier molecular flexibility index (Phi) is 4.68. The molecule has 0 aromatic heterocycles. The van der Waals surface area contributed by atoms with Crippen LogP contribution in [0.3, 0.4) is 0 Å². The lowest BCUT2D eigenvalue weighted by Gasteiger charge is -2.45. The molecule has 2 aliphatic heterocycles. The minimum absolute atomic E-state index is 0.0986. The molecule has 1 aliphatic carbocycles. The van der Waals surface area contributed by atoms with Crippen LogP contribution in [0.15, 0.2) is 0 Å². The quantitative estimate of drug-likeness (QED) is 0.807. The number of morpholine rings is 1. The van der Waals surface area contributed by atoms with Crippen LogP contribution < -0.4 is 5.32 Å². The van der Waals surface area contributed by atoms with Crippen molar-refractivity contribution in [1.82, 2.24) is 15.1 Å². The van der Waals surface area contributed by atoms with Crippen LogP contribution in [0.25, 0.3) is 0 Å². The minimum Gasteiger partial charge on any atom is -0.379 e. The highest BCUT2D eigenvalue weighted by Crippen LogP contribution is 2.47. The Morgan fingerprint density at radius 2 is 2.14 bits per heavy atom. The smallest absolute Gasteiger partial charge is 0.234 e. The molecule has 2 heterocycles. The Morgan fingerprint density at radius 3 is 2.91 bits per heavy atom. The molecule has 3 rings (SSSR count).